The molecule has 0 bridgehead atoms. The predicted molar refractivity (Wildman–Crippen MR) is 107 cm³/mol. The maximum Gasteiger partial charge on any atom is 0.261 e. The summed E-state index contributed by atoms with van der Waals surface area (Å²) in [5.41, 5.74) is 1.65. The van der Waals surface area contributed by atoms with Crippen LogP contribution in [0.4, 0.5) is 0 Å². The van der Waals surface area contributed by atoms with Gasteiger partial charge in [0, 0.05) is 13.1 Å². The number of amides is 1. The van der Waals surface area contributed by atoms with Crippen LogP contribution in [0.5, 0.6) is 0 Å². The van der Waals surface area contributed by atoms with Gasteiger partial charge in [-0.15, -0.1) is 0 Å². The summed E-state index contributed by atoms with van der Waals surface area (Å²) < 4.78 is 1.54. The van der Waals surface area contributed by atoms with Crippen molar-refractivity contribution < 1.29 is 4.79 Å². The summed E-state index contributed by atoms with van der Waals surface area (Å²) in [6.07, 6.45) is 8.38. The smallest absolute Gasteiger partial charge is 0.261 e. The van der Waals surface area contributed by atoms with E-state index in [4.69, 9.17) is 0 Å². The Morgan fingerprint density at radius 3 is 2.65 bits per heavy atom. The van der Waals surface area contributed by atoms with Gasteiger partial charge in [-0.1, -0.05) is 55.5 Å². The van der Waals surface area contributed by atoms with Gasteiger partial charge < -0.3 is 5.32 Å². The molecule has 1 aliphatic carbocycles. The van der Waals surface area contributed by atoms with E-state index >= 15 is 0 Å². The van der Waals surface area contributed by atoms with Crippen molar-refractivity contribution in [2.75, 3.05) is 5.75 Å². The van der Waals surface area contributed by atoms with Crippen LogP contribution < -0.4 is 10.9 Å². The van der Waals surface area contributed by atoms with Crippen LogP contribution in [0.25, 0.3) is 10.9 Å². The number of carbonyl (C=O) groups excluding carboxylic acids is 1. The van der Waals surface area contributed by atoms with E-state index in [1.54, 1.807) is 7.05 Å². The van der Waals surface area contributed by atoms with Gasteiger partial charge in [0.05, 0.1) is 16.7 Å². The van der Waals surface area contributed by atoms with Gasteiger partial charge in [-0.2, -0.15) is 0 Å². The third-order valence-corrected chi connectivity index (χ3v) is 6.02. The summed E-state index contributed by atoms with van der Waals surface area (Å²) in [6, 6.07) is 5.97. The van der Waals surface area contributed by atoms with Gasteiger partial charge in [-0.05, 0) is 31.9 Å². The van der Waals surface area contributed by atoms with E-state index in [1.165, 1.54) is 48.4 Å². The lowest BCUT2D eigenvalue weighted by molar-refractivity contribution is -0.119. The van der Waals surface area contributed by atoms with Gasteiger partial charge in [0.15, 0.2) is 5.16 Å². The van der Waals surface area contributed by atoms with Crippen LogP contribution in [0.15, 0.2) is 28.2 Å². The summed E-state index contributed by atoms with van der Waals surface area (Å²) in [4.78, 5) is 29.5. The lowest BCUT2D eigenvalue weighted by atomic mass is 9.97. The summed E-state index contributed by atoms with van der Waals surface area (Å²) in [6.45, 7) is 1.96. The molecule has 0 atom stereocenters. The van der Waals surface area contributed by atoms with Crippen LogP contribution in [0.1, 0.15) is 50.5 Å². The summed E-state index contributed by atoms with van der Waals surface area (Å²) in [5.74, 6) is 0.313. The van der Waals surface area contributed by atoms with Gasteiger partial charge in [0.1, 0.15) is 0 Å². The van der Waals surface area contributed by atoms with Crippen LogP contribution in [-0.2, 0) is 11.8 Å². The maximum atomic E-state index is 12.5. The van der Waals surface area contributed by atoms with Gasteiger partial charge in [-0.3, -0.25) is 14.2 Å². The zero-order chi connectivity index (χ0) is 18.5. The minimum absolute atomic E-state index is 0.0267. The van der Waals surface area contributed by atoms with Gasteiger partial charge in [0.25, 0.3) is 5.56 Å². The first-order valence-corrected chi connectivity index (χ1v) is 10.4. The predicted octanol–water partition coefficient (Wildman–Crippen LogP) is 3.56. The van der Waals surface area contributed by atoms with Crippen molar-refractivity contribution in [1.29, 1.82) is 0 Å². The van der Waals surface area contributed by atoms with Crippen molar-refractivity contribution in [3.8, 4) is 0 Å². The fourth-order valence-corrected chi connectivity index (χ4v) is 4.28. The van der Waals surface area contributed by atoms with Crippen LogP contribution in [0, 0.1) is 6.92 Å². The number of nitrogens with zero attached hydrogens (tertiary/aromatic N) is 2. The first-order valence-electron chi connectivity index (χ1n) is 9.44. The Morgan fingerprint density at radius 1 is 1.23 bits per heavy atom. The van der Waals surface area contributed by atoms with E-state index in [1.807, 2.05) is 25.1 Å². The topological polar surface area (TPSA) is 64.0 Å². The number of nitrogens with one attached hydrogen (secondary N) is 1. The van der Waals surface area contributed by atoms with Crippen LogP contribution in [-0.4, -0.2) is 27.3 Å². The molecule has 0 aliphatic heterocycles. The molecule has 26 heavy (non-hydrogen) atoms. The first-order chi connectivity index (χ1) is 12.5. The van der Waals surface area contributed by atoms with Crippen molar-refractivity contribution >= 4 is 28.6 Å². The molecule has 5 nitrogen and oxygen atoms in total. The molecular formula is C20H27N3O2S. The molecule has 1 fully saturated rings. The lowest BCUT2D eigenvalue weighted by Crippen LogP contribution is -2.36. The molecule has 0 saturated heterocycles. The molecule has 3 rings (SSSR count). The number of carbonyl (C=O) groups is 1. The normalized spacial score (nSPS) is 16.2. The molecule has 1 aromatic carbocycles. The van der Waals surface area contributed by atoms with E-state index < -0.39 is 0 Å². The number of thioether (sulfide) groups is 1. The third-order valence-electron chi connectivity index (χ3n) is 4.99. The molecule has 1 aliphatic rings. The van der Waals surface area contributed by atoms with E-state index in [-0.39, 0.29) is 17.2 Å². The van der Waals surface area contributed by atoms with Gasteiger partial charge in [0.2, 0.25) is 5.91 Å². The molecule has 1 amide bonds. The Bertz CT molecular complexity index is 839. The number of rotatable bonds is 4. The van der Waals surface area contributed by atoms with E-state index in [0.717, 1.165) is 18.4 Å². The van der Waals surface area contributed by atoms with Crippen molar-refractivity contribution in [3.05, 3.63) is 34.1 Å². The van der Waals surface area contributed by atoms with Crippen LogP contribution in [0.3, 0.4) is 0 Å². The number of aryl methyl sites for hydroxylation is 1. The highest BCUT2D eigenvalue weighted by atomic mass is 32.2. The standard InChI is InChI=1S/C20H27N3O2S/c1-14-10-11-17-16(12-14)19(25)23(2)20(22-17)26-13-18(24)21-15-8-6-4-3-5-7-9-15/h10-12,15H,3-9,13H2,1-2H3,(H,21,24). The molecule has 1 saturated carbocycles. The van der Waals surface area contributed by atoms with Crippen LogP contribution in [0.2, 0.25) is 0 Å². The Balaban J connectivity index is 1.65. The van der Waals surface area contributed by atoms with E-state index in [0.29, 0.717) is 22.1 Å². The molecule has 1 heterocycles. The largest absolute Gasteiger partial charge is 0.353 e. The molecule has 0 spiro atoms. The molecule has 6 heteroatoms. The molecule has 0 unspecified atom stereocenters. The highest BCUT2D eigenvalue weighted by Gasteiger charge is 2.15. The number of hydrogen-bond donors (Lipinski definition) is 1. The number of hydrogen-bond acceptors (Lipinski definition) is 4. The number of benzene rings is 1. The quantitative estimate of drug-likeness (QED) is 0.657. The zero-order valence-electron chi connectivity index (χ0n) is 15.6. The zero-order valence-corrected chi connectivity index (χ0v) is 16.4. The Morgan fingerprint density at radius 2 is 1.92 bits per heavy atom. The van der Waals surface area contributed by atoms with Gasteiger partial charge in [-0.25, -0.2) is 4.98 Å². The molecule has 0 radical (unpaired) electrons. The monoisotopic (exact) mass is 373 g/mol. The second-order valence-electron chi connectivity index (χ2n) is 7.18. The minimum atomic E-state index is -0.0679. The fourth-order valence-electron chi connectivity index (χ4n) is 3.49. The van der Waals surface area contributed by atoms with E-state index in [2.05, 4.69) is 10.3 Å². The average molecular weight is 374 g/mol. The highest BCUT2D eigenvalue weighted by molar-refractivity contribution is 7.99. The lowest BCUT2D eigenvalue weighted by Gasteiger charge is -2.21. The Hall–Kier alpha value is -1.82. The van der Waals surface area contributed by atoms with Crippen molar-refractivity contribution in [2.24, 2.45) is 7.05 Å². The third kappa shape index (κ3) is 4.67. The molecule has 1 aromatic heterocycles. The Labute approximate surface area is 158 Å². The molecular weight excluding hydrogens is 346 g/mol. The number of fused-ring (bicyclic) bond motifs is 1. The highest BCUT2D eigenvalue weighted by Crippen LogP contribution is 2.19. The number of aromatic nitrogens is 2. The van der Waals surface area contributed by atoms with Crippen molar-refractivity contribution in [1.82, 2.24) is 14.9 Å². The van der Waals surface area contributed by atoms with Gasteiger partial charge >= 0.3 is 0 Å². The summed E-state index contributed by atoms with van der Waals surface area (Å²) in [5, 5.41) is 4.36. The first kappa shape index (κ1) is 19.0. The van der Waals surface area contributed by atoms with E-state index in [9.17, 15) is 9.59 Å². The second-order valence-corrected chi connectivity index (χ2v) is 8.12. The maximum absolute atomic E-state index is 12.5. The average Bonchev–Trinajstić information content (AvgIpc) is 2.59. The summed E-state index contributed by atoms with van der Waals surface area (Å²) in [7, 11) is 1.71. The molecule has 1 N–H and O–H groups in total. The SMILES string of the molecule is Cc1ccc2nc(SCC(=O)NC3CCCCCCC3)n(C)c(=O)c2c1. The fraction of sp³-hybridized carbons (Fsp3) is 0.550. The molecule has 140 valence electrons. The summed E-state index contributed by atoms with van der Waals surface area (Å²) >= 11 is 1.33. The minimum Gasteiger partial charge on any atom is -0.353 e. The molecule has 2 aromatic rings. The van der Waals surface area contributed by atoms with Crippen LogP contribution >= 0.6 is 11.8 Å². The van der Waals surface area contributed by atoms with Crippen molar-refractivity contribution in [2.45, 2.75) is 63.1 Å². The second kappa shape index (κ2) is 8.71. The Kier molecular flexibility index (Phi) is 6.35. The van der Waals surface area contributed by atoms with Crippen molar-refractivity contribution in [3.63, 3.8) is 0 Å².